The summed E-state index contributed by atoms with van der Waals surface area (Å²) in [5.41, 5.74) is 4.04. The van der Waals surface area contributed by atoms with E-state index in [1.165, 1.54) is 16.2 Å². The third-order valence-electron chi connectivity index (χ3n) is 7.40. The van der Waals surface area contributed by atoms with E-state index < -0.39 is 17.7 Å². The number of hydrogen-bond acceptors (Lipinski definition) is 7. The van der Waals surface area contributed by atoms with Crippen molar-refractivity contribution in [2.24, 2.45) is 0 Å². The van der Waals surface area contributed by atoms with Gasteiger partial charge >= 0.3 is 5.91 Å². The summed E-state index contributed by atoms with van der Waals surface area (Å²) < 4.78 is 12.3. The summed E-state index contributed by atoms with van der Waals surface area (Å²) in [5.74, 6) is 0.131. The molecule has 40 heavy (non-hydrogen) atoms. The van der Waals surface area contributed by atoms with Crippen molar-refractivity contribution in [1.82, 2.24) is 4.98 Å². The molecule has 0 radical (unpaired) electrons. The Labute approximate surface area is 236 Å². The topological polar surface area (TPSA) is 89.0 Å². The number of ketones is 1. The molecule has 204 valence electrons. The molecule has 4 aromatic rings. The van der Waals surface area contributed by atoms with Crippen LogP contribution in [0.1, 0.15) is 61.9 Å². The molecule has 0 aliphatic carbocycles. The number of fused-ring (bicyclic) bond motifs is 2. The summed E-state index contributed by atoms with van der Waals surface area (Å²) in [6.45, 7) is 8.66. The van der Waals surface area contributed by atoms with Crippen molar-refractivity contribution < 1.29 is 24.2 Å². The number of ether oxygens (including phenoxy) is 2. The Morgan fingerprint density at radius 1 is 1.12 bits per heavy atom. The fourth-order valence-corrected chi connectivity index (χ4v) is 6.41. The number of hydrogen-bond donors (Lipinski definition) is 1. The molecular weight excluding hydrogens is 524 g/mol. The zero-order chi connectivity index (χ0) is 28.1. The Bertz CT molecular complexity index is 1670. The molecule has 0 unspecified atom stereocenters. The monoisotopic (exact) mass is 554 g/mol. The molecule has 2 aliphatic heterocycles. The van der Waals surface area contributed by atoms with Gasteiger partial charge in [0.15, 0.2) is 5.13 Å². The SMILES string of the molecule is CCOc1ccc2nc(N3C(=O)C(=O)C(=C(O)c4ccc5c(c4)C[C@@H](C)O5)[C@@H]3c3ccc(C(C)C)cc3)sc2c1. The van der Waals surface area contributed by atoms with Gasteiger partial charge in [0, 0.05) is 12.0 Å². The predicted molar refractivity (Wildman–Crippen MR) is 156 cm³/mol. The summed E-state index contributed by atoms with van der Waals surface area (Å²) in [6, 6.07) is 17.9. The van der Waals surface area contributed by atoms with E-state index in [0.29, 0.717) is 40.9 Å². The lowest BCUT2D eigenvalue weighted by Gasteiger charge is -2.23. The molecule has 3 aromatic carbocycles. The van der Waals surface area contributed by atoms with Gasteiger partial charge in [-0.05, 0) is 72.9 Å². The number of aliphatic hydroxyl groups excluding tert-OH is 1. The van der Waals surface area contributed by atoms with E-state index in [-0.39, 0.29) is 17.4 Å². The summed E-state index contributed by atoms with van der Waals surface area (Å²) in [4.78, 5) is 33.4. The van der Waals surface area contributed by atoms with Crippen molar-refractivity contribution in [2.45, 2.75) is 52.2 Å². The number of thiazole rings is 1. The van der Waals surface area contributed by atoms with Crippen LogP contribution in [0.3, 0.4) is 0 Å². The average Bonchev–Trinajstić information content (AvgIpc) is 3.60. The van der Waals surface area contributed by atoms with Crippen LogP contribution in [0.2, 0.25) is 0 Å². The first-order valence-corrected chi connectivity index (χ1v) is 14.3. The zero-order valence-electron chi connectivity index (χ0n) is 22.8. The highest BCUT2D eigenvalue weighted by molar-refractivity contribution is 7.22. The zero-order valence-corrected chi connectivity index (χ0v) is 23.6. The van der Waals surface area contributed by atoms with Gasteiger partial charge in [-0.1, -0.05) is 49.4 Å². The number of anilines is 1. The second-order valence-electron chi connectivity index (χ2n) is 10.5. The number of carbonyl (C=O) groups excluding carboxylic acids is 2. The summed E-state index contributed by atoms with van der Waals surface area (Å²) >= 11 is 1.31. The van der Waals surface area contributed by atoms with Crippen molar-refractivity contribution in [3.05, 3.63) is 88.5 Å². The highest BCUT2D eigenvalue weighted by atomic mass is 32.1. The van der Waals surface area contributed by atoms with Crippen molar-refractivity contribution >= 4 is 44.1 Å². The summed E-state index contributed by atoms with van der Waals surface area (Å²) in [5, 5.41) is 12.0. The molecule has 7 nitrogen and oxygen atoms in total. The second-order valence-corrected chi connectivity index (χ2v) is 11.5. The Kier molecular flexibility index (Phi) is 6.58. The number of aromatic nitrogens is 1. The molecule has 6 rings (SSSR count). The van der Waals surface area contributed by atoms with Crippen LogP contribution in [0, 0.1) is 0 Å². The molecule has 1 N–H and O–H groups in total. The standard InChI is InChI=1S/C32H30N2O5S/c1-5-38-23-11-12-24-26(16-23)40-32(33-24)34-28(20-8-6-19(7-9-20)17(2)3)27(30(36)31(34)37)29(35)21-10-13-25-22(15-21)14-18(4)39-25/h6-13,15-18,28,35H,5,14H2,1-4H3/t18-,28+/m1/s1. The van der Waals surface area contributed by atoms with E-state index in [4.69, 9.17) is 14.5 Å². The fraction of sp³-hybridized carbons (Fsp3) is 0.281. The largest absolute Gasteiger partial charge is 0.507 e. The van der Waals surface area contributed by atoms with Crippen LogP contribution in [0.4, 0.5) is 5.13 Å². The van der Waals surface area contributed by atoms with E-state index in [9.17, 15) is 14.7 Å². The first kappa shape index (κ1) is 26.1. The van der Waals surface area contributed by atoms with Crippen molar-refractivity contribution in [1.29, 1.82) is 0 Å². The van der Waals surface area contributed by atoms with Gasteiger partial charge in [-0.25, -0.2) is 4.98 Å². The number of carbonyl (C=O) groups is 2. The van der Waals surface area contributed by atoms with Crippen LogP contribution in [0.5, 0.6) is 11.5 Å². The average molecular weight is 555 g/mol. The quantitative estimate of drug-likeness (QED) is 0.161. The number of rotatable bonds is 6. The smallest absolute Gasteiger partial charge is 0.301 e. The maximum atomic E-state index is 13.6. The summed E-state index contributed by atoms with van der Waals surface area (Å²) in [7, 11) is 0. The molecule has 0 bridgehead atoms. The normalized spacial score (nSPS) is 19.9. The highest BCUT2D eigenvalue weighted by Crippen LogP contribution is 2.45. The minimum absolute atomic E-state index is 0.0414. The maximum absolute atomic E-state index is 13.6. The Balaban J connectivity index is 1.50. The molecule has 3 heterocycles. The lowest BCUT2D eigenvalue weighted by Crippen LogP contribution is -2.29. The molecule has 8 heteroatoms. The van der Waals surface area contributed by atoms with E-state index in [1.807, 2.05) is 62.4 Å². The van der Waals surface area contributed by atoms with E-state index in [1.54, 1.807) is 12.1 Å². The Morgan fingerprint density at radius 2 is 1.90 bits per heavy atom. The first-order chi connectivity index (χ1) is 19.2. The Morgan fingerprint density at radius 3 is 2.62 bits per heavy atom. The molecule has 1 fully saturated rings. The van der Waals surface area contributed by atoms with Gasteiger partial charge in [0.2, 0.25) is 0 Å². The lowest BCUT2D eigenvalue weighted by atomic mass is 9.93. The minimum atomic E-state index is -0.837. The number of Topliss-reactive ketones (excluding diaryl/α,β-unsaturated/α-hetero) is 1. The maximum Gasteiger partial charge on any atom is 0.301 e. The molecule has 1 aromatic heterocycles. The minimum Gasteiger partial charge on any atom is -0.507 e. The van der Waals surface area contributed by atoms with Gasteiger partial charge in [0.05, 0.1) is 28.4 Å². The highest BCUT2D eigenvalue weighted by Gasteiger charge is 2.48. The van der Waals surface area contributed by atoms with Crippen molar-refractivity contribution in [3.63, 3.8) is 0 Å². The molecule has 2 aliphatic rings. The van der Waals surface area contributed by atoms with Crippen molar-refractivity contribution in [2.75, 3.05) is 11.5 Å². The molecule has 1 amide bonds. The number of benzene rings is 3. The van der Waals surface area contributed by atoms with Crippen LogP contribution in [0.15, 0.2) is 66.2 Å². The van der Waals surface area contributed by atoms with Crippen LogP contribution in [-0.4, -0.2) is 34.5 Å². The molecule has 0 saturated carbocycles. The third-order valence-corrected chi connectivity index (χ3v) is 8.42. The number of amides is 1. The van der Waals surface area contributed by atoms with Gasteiger partial charge in [-0.15, -0.1) is 0 Å². The van der Waals surface area contributed by atoms with Gasteiger partial charge in [0.1, 0.15) is 23.4 Å². The van der Waals surface area contributed by atoms with Gasteiger partial charge in [-0.2, -0.15) is 0 Å². The van der Waals surface area contributed by atoms with Gasteiger partial charge < -0.3 is 14.6 Å². The number of aliphatic hydroxyl groups is 1. The lowest BCUT2D eigenvalue weighted by molar-refractivity contribution is -0.132. The van der Waals surface area contributed by atoms with Crippen LogP contribution in [0.25, 0.3) is 16.0 Å². The van der Waals surface area contributed by atoms with Crippen molar-refractivity contribution in [3.8, 4) is 11.5 Å². The molecule has 2 atom stereocenters. The van der Waals surface area contributed by atoms with Crippen LogP contribution < -0.4 is 14.4 Å². The van der Waals surface area contributed by atoms with E-state index >= 15 is 0 Å². The van der Waals surface area contributed by atoms with E-state index in [0.717, 1.165) is 27.1 Å². The molecule has 0 spiro atoms. The van der Waals surface area contributed by atoms with Gasteiger partial charge in [0.25, 0.3) is 5.78 Å². The summed E-state index contributed by atoms with van der Waals surface area (Å²) in [6.07, 6.45) is 0.750. The van der Waals surface area contributed by atoms with Crippen LogP contribution >= 0.6 is 11.3 Å². The third kappa shape index (κ3) is 4.42. The predicted octanol–water partition coefficient (Wildman–Crippen LogP) is 6.77. The molecular formula is C32H30N2O5S. The fourth-order valence-electron chi connectivity index (χ4n) is 5.39. The van der Waals surface area contributed by atoms with E-state index in [2.05, 4.69) is 13.8 Å². The van der Waals surface area contributed by atoms with Crippen LogP contribution in [-0.2, 0) is 16.0 Å². The van der Waals surface area contributed by atoms with Gasteiger partial charge in [-0.3, -0.25) is 14.5 Å². The Hall–Kier alpha value is -4.17. The number of nitrogens with zero attached hydrogens (tertiary/aromatic N) is 2. The first-order valence-electron chi connectivity index (χ1n) is 13.5. The molecule has 1 saturated heterocycles. The second kappa shape index (κ2) is 10.1.